The molecule has 2 heterocycles. The quantitative estimate of drug-likeness (QED) is 0.401. The van der Waals surface area contributed by atoms with Crippen LogP contribution in [0.25, 0.3) is 11.0 Å². The summed E-state index contributed by atoms with van der Waals surface area (Å²) in [5.41, 5.74) is 0.766. The van der Waals surface area contributed by atoms with Gasteiger partial charge >= 0.3 is 0 Å². The van der Waals surface area contributed by atoms with Crippen LogP contribution in [0.1, 0.15) is 64.1 Å². The number of aromatic nitrogens is 2. The van der Waals surface area contributed by atoms with E-state index in [1.165, 1.54) is 0 Å². The van der Waals surface area contributed by atoms with E-state index >= 15 is 0 Å². The SMILES string of the molecule is CCNC(=NCCc1nc(C(C)C)no1)NC(C)c1cc2cccc(OCC)c2o1. The van der Waals surface area contributed by atoms with Crippen molar-refractivity contribution < 1.29 is 13.7 Å². The fraction of sp³-hybridized carbons (Fsp3) is 0.500. The number of furan rings is 1. The van der Waals surface area contributed by atoms with Crippen molar-refractivity contribution in [1.29, 1.82) is 0 Å². The molecule has 0 aliphatic carbocycles. The number of nitrogens with zero attached hydrogens (tertiary/aromatic N) is 3. The smallest absolute Gasteiger partial charge is 0.228 e. The average molecular weight is 414 g/mol. The number of hydrogen-bond acceptors (Lipinski definition) is 6. The van der Waals surface area contributed by atoms with Crippen LogP contribution in [0.2, 0.25) is 0 Å². The fourth-order valence-corrected chi connectivity index (χ4v) is 3.00. The van der Waals surface area contributed by atoms with Crippen LogP contribution in [0.3, 0.4) is 0 Å². The van der Waals surface area contributed by atoms with Gasteiger partial charge in [-0.05, 0) is 32.9 Å². The lowest BCUT2D eigenvalue weighted by Gasteiger charge is -2.16. The van der Waals surface area contributed by atoms with Gasteiger partial charge in [0.05, 0.1) is 19.2 Å². The van der Waals surface area contributed by atoms with Gasteiger partial charge in [0.1, 0.15) is 5.76 Å². The minimum atomic E-state index is -0.0689. The maximum atomic E-state index is 6.09. The second kappa shape index (κ2) is 10.1. The first-order valence-corrected chi connectivity index (χ1v) is 10.5. The topological polar surface area (TPSA) is 97.7 Å². The van der Waals surface area contributed by atoms with Crippen LogP contribution in [0, 0.1) is 0 Å². The van der Waals surface area contributed by atoms with Gasteiger partial charge in [-0.2, -0.15) is 4.98 Å². The standard InChI is InChI=1S/C22H31N5O3/c1-6-23-22(24-12-11-19-26-21(14(3)4)27-30-19)25-15(5)18-13-16-9-8-10-17(28-7-2)20(16)29-18/h8-10,13-15H,6-7,11-12H2,1-5H3,(H2,23,24,25). The van der Waals surface area contributed by atoms with Gasteiger partial charge in [-0.1, -0.05) is 31.1 Å². The first-order valence-electron chi connectivity index (χ1n) is 10.5. The number of benzene rings is 1. The Bertz CT molecular complexity index is 976. The summed E-state index contributed by atoms with van der Waals surface area (Å²) in [4.78, 5) is 9.02. The maximum Gasteiger partial charge on any atom is 0.228 e. The van der Waals surface area contributed by atoms with Crippen LogP contribution in [0.4, 0.5) is 0 Å². The predicted octanol–water partition coefficient (Wildman–Crippen LogP) is 4.20. The molecular weight excluding hydrogens is 382 g/mol. The summed E-state index contributed by atoms with van der Waals surface area (Å²) in [7, 11) is 0. The second-order valence-electron chi connectivity index (χ2n) is 7.33. The highest BCUT2D eigenvalue weighted by Gasteiger charge is 2.16. The Balaban J connectivity index is 1.66. The third-order valence-corrected chi connectivity index (χ3v) is 4.55. The molecule has 2 N–H and O–H groups in total. The van der Waals surface area contributed by atoms with Crippen molar-refractivity contribution in [3.63, 3.8) is 0 Å². The Hall–Kier alpha value is -3.03. The summed E-state index contributed by atoms with van der Waals surface area (Å²) in [5.74, 6) is 3.86. The Morgan fingerprint density at radius 3 is 2.77 bits per heavy atom. The van der Waals surface area contributed by atoms with Gasteiger partial charge in [0, 0.05) is 24.3 Å². The van der Waals surface area contributed by atoms with Crippen molar-refractivity contribution in [3.8, 4) is 5.75 Å². The molecule has 0 fully saturated rings. The van der Waals surface area contributed by atoms with Gasteiger partial charge in [0.15, 0.2) is 23.1 Å². The molecule has 30 heavy (non-hydrogen) atoms. The van der Waals surface area contributed by atoms with Gasteiger partial charge in [0.25, 0.3) is 0 Å². The van der Waals surface area contributed by atoms with Crippen molar-refractivity contribution in [2.75, 3.05) is 19.7 Å². The molecule has 0 saturated carbocycles. The number of para-hydroxylation sites is 1. The third-order valence-electron chi connectivity index (χ3n) is 4.55. The van der Waals surface area contributed by atoms with Crippen LogP contribution in [-0.2, 0) is 6.42 Å². The van der Waals surface area contributed by atoms with Gasteiger partial charge in [-0.15, -0.1) is 0 Å². The molecule has 3 aromatic rings. The fourth-order valence-electron chi connectivity index (χ4n) is 3.00. The van der Waals surface area contributed by atoms with Gasteiger partial charge in [-0.3, -0.25) is 4.99 Å². The van der Waals surface area contributed by atoms with Crippen molar-refractivity contribution >= 4 is 16.9 Å². The van der Waals surface area contributed by atoms with Crippen molar-refractivity contribution in [2.24, 2.45) is 4.99 Å². The summed E-state index contributed by atoms with van der Waals surface area (Å²) >= 11 is 0. The first-order chi connectivity index (χ1) is 14.5. The number of guanidine groups is 1. The molecule has 1 aromatic carbocycles. The van der Waals surface area contributed by atoms with Crippen LogP contribution < -0.4 is 15.4 Å². The van der Waals surface area contributed by atoms with Crippen LogP contribution in [-0.4, -0.2) is 35.8 Å². The molecule has 2 aromatic heterocycles. The third kappa shape index (κ3) is 5.31. The second-order valence-corrected chi connectivity index (χ2v) is 7.33. The number of hydrogen-bond donors (Lipinski definition) is 2. The molecule has 3 rings (SSSR count). The van der Waals surface area contributed by atoms with E-state index in [9.17, 15) is 0 Å². The molecule has 0 radical (unpaired) electrons. The van der Waals surface area contributed by atoms with Gasteiger partial charge < -0.3 is 24.3 Å². The highest BCUT2D eigenvalue weighted by molar-refractivity contribution is 5.84. The molecule has 0 saturated heterocycles. The molecule has 0 amide bonds. The minimum absolute atomic E-state index is 0.0689. The van der Waals surface area contributed by atoms with Crippen molar-refractivity contribution in [3.05, 3.63) is 41.7 Å². The summed E-state index contributed by atoms with van der Waals surface area (Å²) in [6.07, 6.45) is 0.590. The molecular formula is C22H31N5O3. The summed E-state index contributed by atoms with van der Waals surface area (Å²) < 4.78 is 17.0. The number of ether oxygens (including phenoxy) is 1. The highest BCUT2D eigenvalue weighted by Crippen LogP contribution is 2.31. The number of nitrogens with one attached hydrogen (secondary N) is 2. The number of rotatable bonds is 9. The molecule has 162 valence electrons. The van der Waals surface area contributed by atoms with E-state index < -0.39 is 0 Å². The first kappa shape index (κ1) is 21.7. The van der Waals surface area contributed by atoms with Crippen LogP contribution in [0.15, 0.2) is 38.2 Å². The summed E-state index contributed by atoms with van der Waals surface area (Å²) in [6, 6.07) is 7.88. The number of aliphatic imine (C=N–C) groups is 1. The highest BCUT2D eigenvalue weighted by atomic mass is 16.5. The lowest BCUT2D eigenvalue weighted by molar-refractivity contribution is 0.336. The van der Waals surface area contributed by atoms with Crippen molar-refractivity contribution in [2.45, 2.75) is 53.0 Å². The molecule has 8 heteroatoms. The molecule has 0 spiro atoms. The Morgan fingerprint density at radius 2 is 2.07 bits per heavy atom. The van der Waals surface area contributed by atoms with E-state index in [2.05, 4.69) is 25.8 Å². The normalized spacial score (nSPS) is 13.1. The Kier molecular flexibility index (Phi) is 7.32. The zero-order valence-electron chi connectivity index (χ0n) is 18.4. The molecule has 0 aliphatic heterocycles. The largest absolute Gasteiger partial charge is 0.490 e. The maximum absolute atomic E-state index is 6.09. The monoisotopic (exact) mass is 413 g/mol. The van der Waals surface area contributed by atoms with E-state index in [0.717, 1.165) is 34.8 Å². The summed E-state index contributed by atoms with van der Waals surface area (Å²) in [6.45, 7) is 12.0. The van der Waals surface area contributed by atoms with E-state index in [-0.39, 0.29) is 12.0 Å². The Labute approximate surface area is 177 Å². The van der Waals surface area contributed by atoms with E-state index in [1.54, 1.807) is 0 Å². The summed E-state index contributed by atoms with van der Waals surface area (Å²) in [5, 5.41) is 11.7. The zero-order valence-corrected chi connectivity index (χ0v) is 18.4. The molecule has 0 aliphatic rings. The molecule has 1 unspecified atom stereocenters. The van der Waals surface area contributed by atoms with Crippen LogP contribution in [0.5, 0.6) is 5.75 Å². The lowest BCUT2D eigenvalue weighted by Crippen LogP contribution is -2.38. The molecule has 0 bridgehead atoms. The van der Waals surface area contributed by atoms with E-state index in [0.29, 0.717) is 31.4 Å². The van der Waals surface area contributed by atoms with Crippen LogP contribution >= 0.6 is 0 Å². The predicted molar refractivity (Wildman–Crippen MR) is 117 cm³/mol. The van der Waals surface area contributed by atoms with E-state index in [1.807, 2.05) is 58.9 Å². The zero-order chi connectivity index (χ0) is 21.5. The van der Waals surface area contributed by atoms with E-state index in [4.69, 9.17) is 13.7 Å². The lowest BCUT2D eigenvalue weighted by atomic mass is 10.2. The van der Waals surface area contributed by atoms with Crippen molar-refractivity contribution in [1.82, 2.24) is 20.8 Å². The Morgan fingerprint density at radius 1 is 1.23 bits per heavy atom. The average Bonchev–Trinajstić information content (AvgIpc) is 3.36. The van der Waals surface area contributed by atoms with Gasteiger partial charge in [0.2, 0.25) is 5.89 Å². The number of fused-ring (bicyclic) bond motifs is 1. The minimum Gasteiger partial charge on any atom is -0.490 e. The molecule has 1 atom stereocenters. The van der Waals surface area contributed by atoms with Gasteiger partial charge in [-0.25, -0.2) is 0 Å². The molecule has 8 nitrogen and oxygen atoms in total.